The van der Waals surface area contributed by atoms with E-state index in [-0.39, 0.29) is 29.8 Å². The summed E-state index contributed by atoms with van der Waals surface area (Å²) in [6.07, 6.45) is 7.33. The fourth-order valence-corrected chi connectivity index (χ4v) is 6.07. The minimum atomic E-state index is -0.236. The summed E-state index contributed by atoms with van der Waals surface area (Å²) in [6.45, 7) is 2.58. The topological polar surface area (TPSA) is 52.7 Å². The number of nitrogens with one attached hydrogen (secondary N) is 1. The molecule has 3 fully saturated rings. The third-order valence-electron chi connectivity index (χ3n) is 7.79. The molecule has 0 bridgehead atoms. The van der Waals surface area contributed by atoms with Crippen molar-refractivity contribution in [1.82, 2.24) is 15.1 Å². The van der Waals surface area contributed by atoms with E-state index in [1.54, 1.807) is 0 Å². The Bertz CT molecular complexity index is 942. The van der Waals surface area contributed by atoms with Crippen LogP contribution in [0.1, 0.15) is 62.1 Å². The fraction of sp³-hybridized carbons (Fsp3) is 0.500. The Kier molecular flexibility index (Phi) is 6.77. The summed E-state index contributed by atoms with van der Waals surface area (Å²) in [7, 11) is 0. The Morgan fingerprint density at radius 1 is 0.909 bits per heavy atom. The van der Waals surface area contributed by atoms with Gasteiger partial charge in [-0.1, -0.05) is 73.5 Å². The molecule has 2 aromatic rings. The van der Waals surface area contributed by atoms with E-state index >= 15 is 0 Å². The Balaban J connectivity index is 1.33. The van der Waals surface area contributed by atoms with Gasteiger partial charge in [-0.2, -0.15) is 0 Å². The van der Waals surface area contributed by atoms with Crippen LogP contribution in [0.4, 0.5) is 0 Å². The fourth-order valence-electron chi connectivity index (χ4n) is 6.07. The second-order valence-electron chi connectivity index (χ2n) is 9.94. The van der Waals surface area contributed by atoms with Crippen molar-refractivity contribution < 1.29 is 9.59 Å². The van der Waals surface area contributed by atoms with E-state index in [9.17, 15) is 9.59 Å². The zero-order valence-corrected chi connectivity index (χ0v) is 19.4. The lowest BCUT2D eigenvalue weighted by Crippen LogP contribution is -2.50. The summed E-state index contributed by atoms with van der Waals surface area (Å²) in [4.78, 5) is 31.2. The summed E-state index contributed by atoms with van der Waals surface area (Å²) in [5.41, 5.74) is 2.14. The highest BCUT2D eigenvalue weighted by molar-refractivity contribution is 5.85. The van der Waals surface area contributed by atoms with Gasteiger partial charge in [0.05, 0.1) is 12.0 Å². The van der Waals surface area contributed by atoms with Gasteiger partial charge in [0, 0.05) is 38.1 Å². The number of carbonyl (C=O) groups excluding carboxylic acids is 2. The van der Waals surface area contributed by atoms with Gasteiger partial charge < -0.3 is 10.2 Å². The van der Waals surface area contributed by atoms with Crippen LogP contribution < -0.4 is 5.32 Å². The first-order valence-corrected chi connectivity index (χ1v) is 12.6. The summed E-state index contributed by atoms with van der Waals surface area (Å²) in [6, 6.07) is 20.9. The van der Waals surface area contributed by atoms with Gasteiger partial charge in [0.1, 0.15) is 0 Å². The number of likely N-dealkylation sites (tertiary alicyclic amines) is 2. The van der Waals surface area contributed by atoms with Crippen molar-refractivity contribution in [2.75, 3.05) is 13.1 Å². The molecule has 0 aromatic heterocycles. The predicted octanol–water partition coefficient (Wildman–Crippen LogP) is 4.30. The summed E-state index contributed by atoms with van der Waals surface area (Å²) < 4.78 is 0. The summed E-state index contributed by atoms with van der Waals surface area (Å²) in [5.74, 6) is 0.00654. The number of hydrogen-bond donors (Lipinski definition) is 1. The molecule has 5 nitrogen and oxygen atoms in total. The maximum Gasteiger partial charge on any atom is 0.225 e. The lowest BCUT2D eigenvalue weighted by molar-refractivity contribution is -0.144. The molecule has 2 saturated heterocycles. The van der Waals surface area contributed by atoms with Crippen molar-refractivity contribution in [3.8, 4) is 0 Å². The van der Waals surface area contributed by atoms with Crippen molar-refractivity contribution >= 4 is 11.8 Å². The van der Waals surface area contributed by atoms with Crippen LogP contribution in [0.2, 0.25) is 0 Å². The van der Waals surface area contributed by atoms with Gasteiger partial charge in [-0.15, -0.1) is 0 Å². The van der Waals surface area contributed by atoms with Crippen molar-refractivity contribution in [1.29, 1.82) is 0 Å². The third-order valence-corrected chi connectivity index (χ3v) is 7.79. The molecule has 2 aliphatic heterocycles. The van der Waals surface area contributed by atoms with Gasteiger partial charge in [-0.3, -0.25) is 14.5 Å². The molecule has 1 N–H and O–H groups in total. The van der Waals surface area contributed by atoms with Gasteiger partial charge in [0.25, 0.3) is 0 Å². The number of piperidine rings is 1. The summed E-state index contributed by atoms with van der Waals surface area (Å²) in [5, 5.41) is 3.38. The highest BCUT2D eigenvalue weighted by atomic mass is 16.2. The van der Waals surface area contributed by atoms with E-state index in [1.165, 1.54) is 25.7 Å². The van der Waals surface area contributed by atoms with Crippen LogP contribution >= 0.6 is 0 Å². The van der Waals surface area contributed by atoms with E-state index in [0.29, 0.717) is 25.4 Å². The highest BCUT2D eigenvalue weighted by Gasteiger charge is 2.41. The van der Waals surface area contributed by atoms with Gasteiger partial charge in [-0.05, 0) is 36.8 Å². The molecule has 3 unspecified atom stereocenters. The Hall–Kier alpha value is -2.66. The first kappa shape index (κ1) is 22.1. The van der Waals surface area contributed by atoms with Crippen LogP contribution in [0.15, 0.2) is 60.7 Å². The summed E-state index contributed by atoms with van der Waals surface area (Å²) >= 11 is 0. The van der Waals surface area contributed by atoms with E-state index in [2.05, 4.69) is 34.5 Å². The number of hydrogen-bond acceptors (Lipinski definition) is 3. The van der Waals surface area contributed by atoms with Crippen molar-refractivity contribution in [2.45, 2.75) is 69.6 Å². The maximum atomic E-state index is 13.6. The van der Waals surface area contributed by atoms with E-state index in [4.69, 9.17) is 0 Å². The minimum absolute atomic E-state index is 0.104. The van der Waals surface area contributed by atoms with Gasteiger partial charge in [-0.25, -0.2) is 0 Å². The molecule has 2 heterocycles. The maximum absolute atomic E-state index is 13.6. The molecule has 5 heteroatoms. The molecular formula is C28H35N3O2. The molecule has 0 radical (unpaired) electrons. The first-order chi connectivity index (χ1) is 16.2. The monoisotopic (exact) mass is 445 g/mol. The number of rotatable bonds is 6. The van der Waals surface area contributed by atoms with Gasteiger partial charge in [0.2, 0.25) is 11.8 Å². The molecule has 3 atom stereocenters. The Labute approximate surface area is 197 Å². The molecule has 0 spiro atoms. The smallest absolute Gasteiger partial charge is 0.225 e. The molecule has 2 amide bonds. The number of carbonyl (C=O) groups is 2. The van der Waals surface area contributed by atoms with Crippen LogP contribution in [0.3, 0.4) is 0 Å². The number of nitrogens with zero attached hydrogens (tertiary/aromatic N) is 2. The molecular weight excluding hydrogens is 410 g/mol. The molecule has 5 rings (SSSR count). The number of amides is 2. The highest BCUT2D eigenvalue weighted by Crippen LogP contribution is 2.38. The quantitative estimate of drug-likeness (QED) is 0.721. The Morgan fingerprint density at radius 2 is 1.61 bits per heavy atom. The normalized spacial score (nSPS) is 26.6. The average Bonchev–Trinajstić information content (AvgIpc) is 3.54. The second kappa shape index (κ2) is 10.1. The van der Waals surface area contributed by atoms with E-state index < -0.39 is 0 Å². The zero-order chi connectivity index (χ0) is 22.6. The van der Waals surface area contributed by atoms with Crippen LogP contribution in [-0.2, 0) is 16.1 Å². The number of benzene rings is 2. The van der Waals surface area contributed by atoms with Gasteiger partial charge >= 0.3 is 0 Å². The second-order valence-corrected chi connectivity index (χ2v) is 9.94. The van der Waals surface area contributed by atoms with Crippen LogP contribution in [0.5, 0.6) is 0 Å². The third kappa shape index (κ3) is 4.98. The van der Waals surface area contributed by atoms with Crippen molar-refractivity contribution in [3.63, 3.8) is 0 Å². The lowest BCUT2D eigenvalue weighted by Gasteiger charge is -2.41. The van der Waals surface area contributed by atoms with Crippen molar-refractivity contribution in [3.05, 3.63) is 71.8 Å². The molecule has 1 aliphatic carbocycles. The molecule has 1 saturated carbocycles. The molecule has 174 valence electrons. The Morgan fingerprint density at radius 3 is 2.33 bits per heavy atom. The zero-order valence-electron chi connectivity index (χ0n) is 19.4. The van der Waals surface area contributed by atoms with Gasteiger partial charge in [0.15, 0.2) is 0 Å². The average molecular weight is 446 g/mol. The molecule has 3 aliphatic rings. The van der Waals surface area contributed by atoms with Crippen LogP contribution in [0, 0.1) is 5.92 Å². The standard InChI is InChI=1S/C28H35N3O2/c32-26-16-15-25(28(33)29-23-17-18-30(20-23)24-13-7-8-14-24)27(22-11-5-2-6-12-22)31(26)19-21-9-3-1-4-10-21/h1-6,9-12,23-25,27H,7-8,13-20H2,(H,29,33). The predicted molar refractivity (Wildman–Crippen MR) is 129 cm³/mol. The van der Waals surface area contributed by atoms with Crippen LogP contribution in [-0.4, -0.2) is 46.8 Å². The molecule has 33 heavy (non-hydrogen) atoms. The van der Waals surface area contributed by atoms with Crippen LogP contribution in [0.25, 0.3) is 0 Å². The minimum Gasteiger partial charge on any atom is -0.352 e. The molecule has 2 aromatic carbocycles. The lowest BCUT2D eigenvalue weighted by atomic mass is 9.83. The largest absolute Gasteiger partial charge is 0.352 e. The van der Waals surface area contributed by atoms with Crippen molar-refractivity contribution in [2.24, 2.45) is 5.92 Å². The van der Waals surface area contributed by atoms with E-state index in [0.717, 1.165) is 30.6 Å². The van der Waals surface area contributed by atoms with E-state index in [1.807, 2.05) is 41.3 Å². The SMILES string of the molecule is O=C(NC1CCN(C2CCCC2)C1)C1CCC(=O)N(Cc2ccccc2)C1c1ccccc1. The first-order valence-electron chi connectivity index (χ1n) is 12.6.